The molecule has 3 N–H and O–H groups in total. The second-order valence-electron chi connectivity index (χ2n) is 5.25. The monoisotopic (exact) mass is 278 g/mol. The van der Waals surface area contributed by atoms with Crippen LogP contribution in [0.4, 0.5) is 0 Å². The van der Waals surface area contributed by atoms with Gasteiger partial charge >= 0.3 is 0 Å². The minimum atomic E-state index is -0.0311. The lowest BCUT2D eigenvalue weighted by Gasteiger charge is -2.35. The summed E-state index contributed by atoms with van der Waals surface area (Å²) in [5, 5.41) is 1.90. The Morgan fingerprint density at radius 2 is 2.47 bits per heavy atom. The first-order valence-electron chi connectivity index (χ1n) is 6.59. The van der Waals surface area contributed by atoms with Crippen LogP contribution >= 0.6 is 11.3 Å². The zero-order valence-electron chi connectivity index (χ0n) is 10.9. The molecule has 19 heavy (non-hydrogen) atoms. The standard InChI is InChI=1S/C13H18N4OS/c1-8-6-9(14)2-4-17(8)7-11-15-10-3-5-19-12(10)13(18)16-11/h3,5,8-9H,2,4,6-7,14H2,1H3,(H,15,16,18). The Bertz CT molecular complexity index is 635. The highest BCUT2D eigenvalue weighted by atomic mass is 32.1. The third-order valence-corrected chi connectivity index (χ3v) is 4.67. The number of H-pyrrole nitrogens is 1. The Kier molecular flexibility index (Phi) is 3.38. The predicted octanol–water partition coefficient (Wildman–Crippen LogP) is 1.30. The number of nitrogens with two attached hydrogens (primary N) is 1. The Morgan fingerprint density at radius 1 is 1.63 bits per heavy atom. The Morgan fingerprint density at radius 3 is 3.26 bits per heavy atom. The largest absolute Gasteiger partial charge is 0.328 e. The molecule has 1 aliphatic heterocycles. The van der Waals surface area contributed by atoms with E-state index < -0.39 is 0 Å². The molecule has 5 nitrogen and oxygen atoms in total. The molecule has 3 heterocycles. The van der Waals surface area contributed by atoms with Gasteiger partial charge in [-0.2, -0.15) is 0 Å². The van der Waals surface area contributed by atoms with E-state index in [0.717, 1.165) is 30.7 Å². The number of thiophene rings is 1. The van der Waals surface area contributed by atoms with E-state index in [1.807, 2.05) is 11.4 Å². The number of hydrogen-bond acceptors (Lipinski definition) is 5. The van der Waals surface area contributed by atoms with E-state index in [-0.39, 0.29) is 5.56 Å². The van der Waals surface area contributed by atoms with E-state index in [4.69, 9.17) is 5.73 Å². The summed E-state index contributed by atoms with van der Waals surface area (Å²) < 4.78 is 0.706. The molecule has 0 aliphatic carbocycles. The average molecular weight is 278 g/mol. The van der Waals surface area contributed by atoms with Gasteiger partial charge in [0.1, 0.15) is 10.5 Å². The van der Waals surface area contributed by atoms with Gasteiger partial charge in [-0.3, -0.25) is 9.69 Å². The lowest BCUT2D eigenvalue weighted by molar-refractivity contribution is 0.136. The fourth-order valence-electron chi connectivity index (χ4n) is 2.68. The van der Waals surface area contributed by atoms with Gasteiger partial charge in [-0.25, -0.2) is 4.98 Å². The molecule has 1 saturated heterocycles. The van der Waals surface area contributed by atoms with E-state index >= 15 is 0 Å². The number of aromatic amines is 1. The molecule has 2 unspecified atom stereocenters. The van der Waals surface area contributed by atoms with Gasteiger partial charge in [-0.15, -0.1) is 11.3 Å². The molecule has 102 valence electrons. The van der Waals surface area contributed by atoms with Crippen molar-refractivity contribution in [3.63, 3.8) is 0 Å². The topological polar surface area (TPSA) is 75.0 Å². The molecule has 0 spiro atoms. The van der Waals surface area contributed by atoms with Gasteiger partial charge in [0, 0.05) is 18.6 Å². The molecular weight excluding hydrogens is 260 g/mol. The summed E-state index contributed by atoms with van der Waals surface area (Å²) in [4.78, 5) is 21.7. The normalized spacial score (nSPS) is 24.9. The van der Waals surface area contributed by atoms with Crippen LogP contribution in [0.25, 0.3) is 10.2 Å². The lowest BCUT2D eigenvalue weighted by atomic mass is 9.99. The molecule has 0 amide bonds. The van der Waals surface area contributed by atoms with Crippen LogP contribution in [0.5, 0.6) is 0 Å². The maximum absolute atomic E-state index is 11.9. The number of hydrogen-bond donors (Lipinski definition) is 2. The number of nitrogens with zero attached hydrogens (tertiary/aromatic N) is 2. The van der Waals surface area contributed by atoms with E-state index in [2.05, 4.69) is 21.8 Å². The molecule has 2 aromatic rings. The molecule has 2 aromatic heterocycles. The maximum Gasteiger partial charge on any atom is 0.268 e. The van der Waals surface area contributed by atoms with Crippen molar-refractivity contribution in [1.82, 2.24) is 14.9 Å². The molecule has 0 radical (unpaired) electrons. The molecule has 0 bridgehead atoms. The fraction of sp³-hybridized carbons (Fsp3) is 0.538. The van der Waals surface area contributed by atoms with E-state index in [9.17, 15) is 4.79 Å². The van der Waals surface area contributed by atoms with Crippen LogP contribution in [0.3, 0.4) is 0 Å². The molecule has 1 aliphatic rings. The zero-order chi connectivity index (χ0) is 13.4. The van der Waals surface area contributed by atoms with Gasteiger partial charge in [0.05, 0.1) is 12.1 Å². The summed E-state index contributed by atoms with van der Waals surface area (Å²) in [5.74, 6) is 0.748. The number of piperidine rings is 1. The molecule has 1 fully saturated rings. The number of aromatic nitrogens is 2. The number of fused-ring (bicyclic) bond motifs is 1. The van der Waals surface area contributed by atoms with Crippen molar-refractivity contribution in [2.75, 3.05) is 6.54 Å². The first-order chi connectivity index (χ1) is 9.13. The number of nitrogens with one attached hydrogen (secondary N) is 1. The minimum Gasteiger partial charge on any atom is -0.328 e. The summed E-state index contributed by atoms with van der Waals surface area (Å²) in [6, 6.07) is 2.64. The van der Waals surface area contributed by atoms with Crippen molar-refractivity contribution < 1.29 is 0 Å². The van der Waals surface area contributed by atoms with Gasteiger partial charge in [0.2, 0.25) is 0 Å². The number of likely N-dealkylation sites (tertiary alicyclic amines) is 1. The van der Waals surface area contributed by atoms with E-state index in [0.29, 0.717) is 23.3 Å². The third kappa shape index (κ3) is 2.56. The Balaban J connectivity index is 1.83. The van der Waals surface area contributed by atoms with Gasteiger partial charge < -0.3 is 10.7 Å². The Hall–Kier alpha value is -1.24. The summed E-state index contributed by atoms with van der Waals surface area (Å²) >= 11 is 1.43. The summed E-state index contributed by atoms with van der Waals surface area (Å²) in [7, 11) is 0. The van der Waals surface area contributed by atoms with Crippen LogP contribution in [0.15, 0.2) is 16.2 Å². The van der Waals surface area contributed by atoms with E-state index in [1.165, 1.54) is 11.3 Å². The minimum absolute atomic E-state index is 0.0311. The smallest absolute Gasteiger partial charge is 0.268 e. The first-order valence-corrected chi connectivity index (χ1v) is 7.47. The fourth-order valence-corrected chi connectivity index (χ4v) is 3.41. The van der Waals surface area contributed by atoms with Gasteiger partial charge in [0.15, 0.2) is 0 Å². The first kappa shape index (κ1) is 12.8. The van der Waals surface area contributed by atoms with Gasteiger partial charge in [-0.05, 0) is 31.2 Å². The zero-order valence-corrected chi connectivity index (χ0v) is 11.7. The molecule has 6 heteroatoms. The molecular formula is C13H18N4OS. The van der Waals surface area contributed by atoms with Crippen LogP contribution in [0.2, 0.25) is 0 Å². The second-order valence-corrected chi connectivity index (χ2v) is 6.17. The van der Waals surface area contributed by atoms with Crippen LogP contribution in [0, 0.1) is 0 Å². The third-order valence-electron chi connectivity index (χ3n) is 3.77. The lowest BCUT2D eigenvalue weighted by Crippen LogP contribution is -2.45. The van der Waals surface area contributed by atoms with Crippen molar-refractivity contribution in [3.8, 4) is 0 Å². The number of rotatable bonds is 2. The quantitative estimate of drug-likeness (QED) is 0.868. The summed E-state index contributed by atoms with van der Waals surface area (Å²) in [6.45, 7) is 3.84. The molecule has 0 saturated carbocycles. The highest BCUT2D eigenvalue weighted by Crippen LogP contribution is 2.19. The van der Waals surface area contributed by atoms with Crippen LogP contribution in [0.1, 0.15) is 25.6 Å². The summed E-state index contributed by atoms with van der Waals surface area (Å²) in [5.41, 5.74) is 6.73. The van der Waals surface area contributed by atoms with Gasteiger partial charge in [-0.1, -0.05) is 0 Å². The average Bonchev–Trinajstić information content (AvgIpc) is 2.81. The highest BCUT2D eigenvalue weighted by Gasteiger charge is 2.23. The highest BCUT2D eigenvalue weighted by molar-refractivity contribution is 7.17. The molecule has 2 atom stereocenters. The van der Waals surface area contributed by atoms with Crippen LogP contribution < -0.4 is 11.3 Å². The van der Waals surface area contributed by atoms with Crippen LogP contribution in [-0.4, -0.2) is 33.5 Å². The predicted molar refractivity (Wildman–Crippen MR) is 77.3 cm³/mol. The Labute approximate surface area is 115 Å². The SMILES string of the molecule is CC1CC(N)CCN1Cc1nc2ccsc2c(=O)[nH]1. The second kappa shape index (κ2) is 5.03. The van der Waals surface area contributed by atoms with Gasteiger partial charge in [0.25, 0.3) is 5.56 Å². The molecule has 3 rings (SSSR count). The summed E-state index contributed by atoms with van der Waals surface area (Å²) in [6.07, 6.45) is 2.01. The van der Waals surface area contributed by atoms with Crippen molar-refractivity contribution in [1.29, 1.82) is 0 Å². The van der Waals surface area contributed by atoms with Crippen molar-refractivity contribution >= 4 is 21.6 Å². The van der Waals surface area contributed by atoms with Crippen molar-refractivity contribution in [2.24, 2.45) is 5.73 Å². The van der Waals surface area contributed by atoms with Crippen molar-refractivity contribution in [2.45, 2.75) is 38.4 Å². The maximum atomic E-state index is 11.9. The van der Waals surface area contributed by atoms with E-state index in [1.54, 1.807) is 0 Å². The van der Waals surface area contributed by atoms with Crippen molar-refractivity contribution in [3.05, 3.63) is 27.6 Å². The van der Waals surface area contributed by atoms with Crippen LogP contribution in [-0.2, 0) is 6.54 Å². The molecule has 0 aromatic carbocycles.